The number of fused-ring (bicyclic) bond motifs is 1. The van der Waals surface area contributed by atoms with Gasteiger partial charge in [0.1, 0.15) is 13.2 Å². The van der Waals surface area contributed by atoms with Gasteiger partial charge in [0.15, 0.2) is 11.5 Å². The fourth-order valence-electron chi connectivity index (χ4n) is 1.92. The van der Waals surface area contributed by atoms with Crippen molar-refractivity contribution in [3.05, 3.63) is 23.8 Å². The second-order valence-corrected chi connectivity index (χ2v) is 4.27. The first kappa shape index (κ1) is 13.2. The third kappa shape index (κ3) is 2.97. The summed E-state index contributed by atoms with van der Waals surface area (Å²) < 4.78 is 10.9. The lowest BCUT2D eigenvalue weighted by molar-refractivity contribution is 0.0925. The predicted octanol–water partition coefficient (Wildman–Crippen LogP) is 1.88. The summed E-state index contributed by atoms with van der Waals surface area (Å²) in [6.45, 7) is 2.86. The van der Waals surface area contributed by atoms with Gasteiger partial charge in [0.2, 0.25) is 0 Å². The molecule has 0 bridgehead atoms. The van der Waals surface area contributed by atoms with Crippen LogP contribution in [0.5, 0.6) is 11.5 Å². The van der Waals surface area contributed by atoms with Crippen molar-refractivity contribution < 1.29 is 14.3 Å². The first-order valence-electron chi connectivity index (χ1n) is 6.32. The molecular formula is C14H16N2O3. The van der Waals surface area contributed by atoms with Crippen molar-refractivity contribution in [2.75, 3.05) is 13.2 Å². The quantitative estimate of drug-likeness (QED) is 0.897. The lowest BCUT2D eigenvalue weighted by atomic mass is 10.1. The van der Waals surface area contributed by atoms with Gasteiger partial charge in [0.05, 0.1) is 18.1 Å². The first-order valence-corrected chi connectivity index (χ1v) is 6.32. The highest BCUT2D eigenvalue weighted by Crippen LogP contribution is 2.33. The smallest absolute Gasteiger partial charge is 0.255 e. The summed E-state index contributed by atoms with van der Waals surface area (Å²) in [7, 11) is 0. The minimum Gasteiger partial charge on any atom is -0.486 e. The number of nitriles is 1. The zero-order valence-electron chi connectivity index (χ0n) is 10.8. The van der Waals surface area contributed by atoms with E-state index in [0.717, 1.165) is 0 Å². The van der Waals surface area contributed by atoms with Gasteiger partial charge in [-0.2, -0.15) is 5.26 Å². The summed E-state index contributed by atoms with van der Waals surface area (Å²) in [6.07, 6.45) is 1.01. The van der Waals surface area contributed by atoms with E-state index in [4.69, 9.17) is 14.7 Å². The Balaban J connectivity index is 2.17. The highest BCUT2D eigenvalue weighted by atomic mass is 16.6. The van der Waals surface area contributed by atoms with Gasteiger partial charge < -0.3 is 14.8 Å². The van der Waals surface area contributed by atoms with Crippen LogP contribution in [0.3, 0.4) is 0 Å². The van der Waals surface area contributed by atoms with Crippen LogP contribution < -0.4 is 14.8 Å². The molecule has 0 radical (unpaired) electrons. The molecule has 1 aliphatic rings. The number of hydrogen-bond acceptors (Lipinski definition) is 4. The van der Waals surface area contributed by atoms with E-state index >= 15 is 0 Å². The Kier molecular flexibility index (Phi) is 4.24. The molecule has 5 nitrogen and oxygen atoms in total. The van der Waals surface area contributed by atoms with E-state index in [0.29, 0.717) is 43.1 Å². The molecule has 0 saturated carbocycles. The molecule has 0 fully saturated rings. The van der Waals surface area contributed by atoms with E-state index in [-0.39, 0.29) is 11.9 Å². The fraction of sp³-hybridized carbons (Fsp3) is 0.429. The summed E-state index contributed by atoms with van der Waals surface area (Å²) in [5.41, 5.74) is 0.452. The molecule has 1 heterocycles. The van der Waals surface area contributed by atoms with E-state index in [1.54, 1.807) is 18.2 Å². The largest absolute Gasteiger partial charge is 0.486 e. The maximum atomic E-state index is 12.2. The number of amides is 1. The number of benzene rings is 1. The van der Waals surface area contributed by atoms with Gasteiger partial charge in [-0.25, -0.2) is 0 Å². The summed E-state index contributed by atoms with van der Waals surface area (Å²) >= 11 is 0. The molecule has 0 spiro atoms. The molecule has 1 amide bonds. The zero-order valence-corrected chi connectivity index (χ0v) is 10.8. The summed E-state index contributed by atoms with van der Waals surface area (Å²) in [5.74, 6) is 0.842. The Morgan fingerprint density at radius 3 is 3.00 bits per heavy atom. The second-order valence-electron chi connectivity index (χ2n) is 4.27. The molecule has 1 aromatic rings. The highest BCUT2D eigenvalue weighted by molar-refractivity contribution is 5.98. The summed E-state index contributed by atoms with van der Waals surface area (Å²) in [6, 6.07) is 7.16. The molecule has 100 valence electrons. The molecule has 1 aromatic carbocycles. The van der Waals surface area contributed by atoms with Crippen LogP contribution in [-0.4, -0.2) is 25.2 Å². The van der Waals surface area contributed by atoms with Gasteiger partial charge in [-0.05, 0) is 18.6 Å². The van der Waals surface area contributed by atoms with E-state index in [9.17, 15) is 4.79 Å². The number of rotatable bonds is 4. The maximum Gasteiger partial charge on any atom is 0.255 e. The maximum absolute atomic E-state index is 12.2. The molecule has 0 aromatic heterocycles. The minimum absolute atomic E-state index is 0.141. The second kappa shape index (κ2) is 6.10. The molecule has 0 aliphatic carbocycles. The molecule has 1 aliphatic heterocycles. The van der Waals surface area contributed by atoms with E-state index in [2.05, 4.69) is 11.4 Å². The van der Waals surface area contributed by atoms with Crippen LogP contribution in [0.2, 0.25) is 0 Å². The van der Waals surface area contributed by atoms with Crippen molar-refractivity contribution in [3.8, 4) is 17.6 Å². The Morgan fingerprint density at radius 2 is 2.26 bits per heavy atom. The van der Waals surface area contributed by atoms with Crippen molar-refractivity contribution in [2.45, 2.75) is 25.8 Å². The number of nitrogens with one attached hydrogen (secondary N) is 1. The number of nitrogens with zero attached hydrogens (tertiary/aromatic N) is 1. The van der Waals surface area contributed by atoms with Crippen LogP contribution in [0, 0.1) is 11.3 Å². The Hall–Kier alpha value is -2.22. The van der Waals surface area contributed by atoms with Crippen LogP contribution >= 0.6 is 0 Å². The zero-order chi connectivity index (χ0) is 13.7. The first-order chi connectivity index (χ1) is 9.26. The van der Waals surface area contributed by atoms with Crippen molar-refractivity contribution in [3.63, 3.8) is 0 Å². The van der Waals surface area contributed by atoms with Crippen molar-refractivity contribution in [2.24, 2.45) is 0 Å². The molecular weight excluding hydrogens is 244 g/mol. The van der Waals surface area contributed by atoms with Crippen molar-refractivity contribution >= 4 is 5.91 Å². The normalized spacial score (nSPS) is 14.3. The van der Waals surface area contributed by atoms with Crippen molar-refractivity contribution in [1.82, 2.24) is 5.32 Å². The Bertz CT molecular complexity index is 508. The topological polar surface area (TPSA) is 71.4 Å². The highest BCUT2D eigenvalue weighted by Gasteiger charge is 2.21. The molecule has 0 saturated heterocycles. The Labute approximate surface area is 112 Å². The van der Waals surface area contributed by atoms with Gasteiger partial charge in [0.25, 0.3) is 5.91 Å². The molecule has 2 rings (SSSR count). The van der Waals surface area contributed by atoms with Gasteiger partial charge in [0, 0.05) is 6.04 Å². The van der Waals surface area contributed by atoms with Gasteiger partial charge in [-0.15, -0.1) is 0 Å². The minimum atomic E-state index is -0.232. The van der Waals surface area contributed by atoms with Crippen LogP contribution in [-0.2, 0) is 0 Å². The molecule has 19 heavy (non-hydrogen) atoms. The van der Waals surface area contributed by atoms with Crippen LogP contribution in [0.4, 0.5) is 0 Å². The van der Waals surface area contributed by atoms with Gasteiger partial charge in [-0.1, -0.05) is 13.0 Å². The summed E-state index contributed by atoms with van der Waals surface area (Å²) in [5, 5.41) is 11.5. The fourth-order valence-corrected chi connectivity index (χ4v) is 1.92. The summed E-state index contributed by atoms with van der Waals surface area (Å²) in [4.78, 5) is 12.2. The molecule has 1 atom stereocenters. The van der Waals surface area contributed by atoms with Crippen molar-refractivity contribution in [1.29, 1.82) is 5.26 Å². The number of carbonyl (C=O) groups excluding carboxylic acids is 1. The average Bonchev–Trinajstić information content (AvgIpc) is 2.46. The van der Waals surface area contributed by atoms with Crippen LogP contribution in [0.25, 0.3) is 0 Å². The molecule has 1 unspecified atom stereocenters. The van der Waals surface area contributed by atoms with Crippen LogP contribution in [0.15, 0.2) is 18.2 Å². The van der Waals surface area contributed by atoms with E-state index in [1.807, 2.05) is 6.92 Å². The monoisotopic (exact) mass is 260 g/mol. The average molecular weight is 260 g/mol. The lowest BCUT2D eigenvalue weighted by Crippen LogP contribution is -2.34. The predicted molar refractivity (Wildman–Crippen MR) is 69.2 cm³/mol. The third-order valence-electron chi connectivity index (χ3n) is 2.98. The van der Waals surface area contributed by atoms with Gasteiger partial charge in [-0.3, -0.25) is 4.79 Å². The van der Waals surface area contributed by atoms with E-state index < -0.39 is 0 Å². The van der Waals surface area contributed by atoms with Gasteiger partial charge >= 0.3 is 0 Å². The van der Waals surface area contributed by atoms with E-state index in [1.165, 1.54) is 0 Å². The molecule has 1 N–H and O–H groups in total. The molecule has 5 heteroatoms. The standard InChI is InChI=1S/C14H16N2O3/c1-2-10(6-7-15)16-14(17)11-4-3-5-12-13(11)19-9-8-18-12/h3-5,10H,2,6,8-9H2,1H3,(H,16,17). The number of ether oxygens (including phenoxy) is 2. The SMILES string of the molecule is CCC(CC#N)NC(=O)c1cccc2c1OCCO2. The number of hydrogen-bond donors (Lipinski definition) is 1. The number of carbonyl (C=O) groups is 1. The number of para-hydroxylation sites is 1. The van der Waals surface area contributed by atoms with Crippen LogP contribution in [0.1, 0.15) is 30.1 Å². The lowest BCUT2D eigenvalue weighted by Gasteiger charge is -2.21. The third-order valence-corrected chi connectivity index (χ3v) is 2.98. The Morgan fingerprint density at radius 1 is 1.47 bits per heavy atom.